The number of carboxylic acids is 1. The van der Waals surface area contributed by atoms with Gasteiger partial charge in [-0.15, -0.1) is 4.72 Å². The summed E-state index contributed by atoms with van der Waals surface area (Å²) >= 11 is -1.27. The summed E-state index contributed by atoms with van der Waals surface area (Å²) in [6.07, 6.45) is 0. The molecule has 0 spiro atoms. The zero-order chi connectivity index (χ0) is 21.2. The number of hydrogen-bond acceptors (Lipinski definition) is 4. The van der Waals surface area contributed by atoms with E-state index in [-0.39, 0.29) is 16.6 Å². The number of carboxylic acid groups (broad SMARTS) is 1. The van der Waals surface area contributed by atoms with Crippen LogP contribution in [0.4, 0.5) is 0 Å². The van der Waals surface area contributed by atoms with Crippen LogP contribution in [0.3, 0.4) is 0 Å². The van der Waals surface area contributed by atoms with E-state index >= 15 is 0 Å². The molecule has 0 radical (unpaired) electrons. The molecule has 2 atom stereocenters. The first-order valence-electron chi connectivity index (χ1n) is 9.22. The van der Waals surface area contributed by atoms with E-state index in [9.17, 15) is 14.5 Å². The van der Waals surface area contributed by atoms with Gasteiger partial charge in [-0.2, -0.15) is 0 Å². The summed E-state index contributed by atoms with van der Waals surface area (Å²) in [5.41, 5.74) is 2.01. The lowest BCUT2D eigenvalue weighted by Crippen LogP contribution is -2.46. The van der Waals surface area contributed by atoms with Crippen molar-refractivity contribution in [3.63, 3.8) is 0 Å². The maximum Gasteiger partial charge on any atom is 0.335 e. The van der Waals surface area contributed by atoms with E-state index in [0.29, 0.717) is 6.61 Å². The Labute approximate surface area is 168 Å². The summed E-state index contributed by atoms with van der Waals surface area (Å²) in [6.45, 7) is 18.9. The van der Waals surface area contributed by atoms with Gasteiger partial charge in [-0.25, -0.2) is 4.79 Å². The van der Waals surface area contributed by atoms with E-state index in [2.05, 4.69) is 38.6 Å². The zero-order valence-corrected chi connectivity index (χ0v) is 19.9. The van der Waals surface area contributed by atoms with Crippen LogP contribution in [0.5, 0.6) is 0 Å². The largest absolute Gasteiger partial charge is 0.598 e. The molecular weight excluding hydrogens is 378 g/mol. The quantitative estimate of drug-likeness (QED) is 0.495. The standard InChI is InChI=1S/C20H35NO4SSi/c1-14-12-15(18(22)23)10-11-16(14)17(21-26(24)19(2,3)4)13-25-27(8,9)20(5,6)7/h10-12,17,21H,13H2,1-9H3,(H,22,23). The third-order valence-electron chi connectivity index (χ3n) is 5.11. The van der Waals surface area contributed by atoms with Gasteiger partial charge in [0.1, 0.15) is 4.75 Å². The van der Waals surface area contributed by atoms with Crippen LogP contribution >= 0.6 is 0 Å². The monoisotopic (exact) mass is 413 g/mol. The van der Waals surface area contributed by atoms with Gasteiger partial charge in [0.15, 0.2) is 8.32 Å². The van der Waals surface area contributed by atoms with Crippen molar-refractivity contribution in [2.24, 2.45) is 0 Å². The third-order valence-corrected chi connectivity index (χ3v) is 11.2. The third kappa shape index (κ3) is 6.60. The summed E-state index contributed by atoms with van der Waals surface area (Å²) in [4.78, 5) is 11.2. The van der Waals surface area contributed by atoms with E-state index in [1.165, 1.54) is 0 Å². The molecule has 0 aliphatic heterocycles. The Hall–Kier alpha value is -0.863. The SMILES string of the molecule is Cc1cc(C(=O)O)ccc1C(CO[Si](C)(C)C(C)(C)C)N[S+]([O-])C(C)(C)C. The van der Waals surface area contributed by atoms with Crippen molar-refractivity contribution in [3.8, 4) is 0 Å². The molecule has 0 saturated carbocycles. The van der Waals surface area contributed by atoms with E-state index in [0.717, 1.165) is 11.1 Å². The van der Waals surface area contributed by atoms with Gasteiger partial charge in [-0.3, -0.25) is 0 Å². The van der Waals surface area contributed by atoms with Crippen LogP contribution in [0, 0.1) is 6.92 Å². The van der Waals surface area contributed by atoms with Gasteiger partial charge < -0.3 is 14.1 Å². The Kier molecular flexibility index (Phi) is 7.75. The van der Waals surface area contributed by atoms with Crippen LogP contribution in [0.25, 0.3) is 0 Å². The first-order chi connectivity index (χ1) is 12.1. The van der Waals surface area contributed by atoms with Crippen molar-refractivity contribution in [3.05, 3.63) is 34.9 Å². The minimum absolute atomic E-state index is 0.0724. The highest BCUT2D eigenvalue weighted by Gasteiger charge is 2.39. The lowest BCUT2D eigenvalue weighted by Gasteiger charge is -2.38. The Bertz CT molecular complexity index is 665. The Morgan fingerprint density at radius 1 is 1.26 bits per heavy atom. The van der Waals surface area contributed by atoms with Crippen molar-refractivity contribution in [2.75, 3.05) is 6.61 Å². The molecule has 0 bridgehead atoms. The van der Waals surface area contributed by atoms with E-state index in [1.54, 1.807) is 18.2 Å². The molecule has 154 valence electrons. The van der Waals surface area contributed by atoms with Gasteiger partial charge in [0.25, 0.3) is 0 Å². The maximum absolute atomic E-state index is 12.7. The fourth-order valence-electron chi connectivity index (χ4n) is 2.20. The number of benzene rings is 1. The fraction of sp³-hybridized carbons (Fsp3) is 0.650. The van der Waals surface area contributed by atoms with Crippen LogP contribution in [-0.4, -0.2) is 35.3 Å². The van der Waals surface area contributed by atoms with Crippen molar-refractivity contribution in [1.82, 2.24) is 4.72 Å². The second kappa shape index (κ2) is 8.65. The topological polar surface area (TPSA) is 81.6 Å². The molecule has 0 heterocycles. The van der Waals surface area contributed by atoms with Crippen molar-refractivity contribution in [1.29, 1.82) is 0 Å². The number of aromatic carboxylic acids is 1. The summed E-state index contributed by atoms with van der Waals surface area (Å²) < 4.78 is 21.9. The summed E-state index contributed by atoms with van der Waals surface area (Å²) in [5, 5.41) is 9.28. The lowest BCUT2D eigenvalue weighted by atomic mass is 10.00. The molecule has 7 heteroatoms. The first kappa shape index (κ1) is 24.2. The molecule has 0 amide bonds. The Morgan fingerprint density at radius 3 is 2.22 bits per heavy atom. The fourth-order valence-corrected chi connectivity index (χ4v) is 4.02. The average Bonchev–Trinajstić information content (AvgIpc) is 2.49. The number of carbonyl (C=O) groups is 1. The first-order valence-corrected chi connectivity index (χ1v) is 13.3. The minimum atomic E-state index is -1.98. The minimum Gasteiger partial charge on any atom is -0.598 e. The smallest absolute Gasteiger partial charge is 0.335 e. The molecule has 1 aromatic carbocycles. The molecule has 0 fully saturated rings. The molecule has 1 rings (SSSR count). The predicted octanol–water partition coefficient (Wildman–Crippen LogP) is 4.81. The molecule has 1 aromatic rings. The van der Waals surface area contributed by atoms with Crippen molar-refractivity contribution in [2.45, 2.75) is 77.4 Å². The van der Waals surface area contributed by atoms with Gasteiger partial charge in [-0.1, -0.05) is 26.8 Å². The van der Waals surface area contributed by atoms with Crippen LogP contribution in [0.1, 0.15) is 69.1 Å². The second-order valence-corrected chi connectivity index (χ2v) is 16.3. The van der Waals surface area contributed by atoms with Gasteiger partial charge in [0.05, 0.1) is 18.2 Å². The molecule has 2 N–H and O–H groups in total. The average molecular weight is 414 g/mol. The highest BCUT2D eigenvalue weighted by molar-refractivity contribution is 7.90. The van der Waals surface area contributed by atoms with Crippen LogP contribution in [0.15, 0.2) is 18.2 Å². The molecule has 2 unspecified atom stereocenters. The van der Waals surface area contributed by atoms with Gasteiger partial charge in [-0.05, 0) is 69.1 Å². The highest BCUT2D eigenvalue weighted by Crippen LogP contribution is 2.37. The van der Waals surface area contributed by atoms with E-state index < -0.39 is 30.4 Å². The van der Waals surface area contributed by atoms with E-state index in [4.69, 9.17) is 4.43 Å². The Morgan fingerprint density at radius 2 is 1.81 bits per heavy atom. The molecule has 27 heavy (non-hydrogen) atoms. The summed E-state index contributed by atoms with van der Waals surface area (Å²) in [5.74, 6) is -0.954. The highest BCUT2D eigenvalue weighted by atomic mass is 32.2. The van der Waals surface area contributed by atoms with Gasteiger partial charge in [0.2, 0.25) is 0 Å². The molecular formula is C20H35NO4SSi. The van der Waals surface area contributed by atoms with E-state index in [1.807, 2.05) is 27.7 Å². The predicted molar refractivity (Wildman–Crippen MR) is 115 cm³/mol. The van der Waals surface area contributed by atoms with Crippen LogP contribution < -0.4 is 4.72 Å². The van der Waals surface area contributed by atoms with Crippen molar-refractivity contribution < 1.29 is 18.9 Å². The molecule has 0 aromatic heterocycles. The van der Waals surface area contributed by atoms with Gasteiger partial charge in [0, 0.05) is 11.4 Å². The second-order valence-electron chi connectivity index (χ2n) is 9.50. The normalized spacial score (nSPS) is 15.5. The zero-order valence-electron chi connectivity index (χ0n) is 18.1. The molecule has 0 aliphatic rings. The number of hydrogen-bond donors (Lipinski definition) is 2. The summed E-state index contributed by atoms with van der Waals surface area (Å²) in [7, 11) is -1.98. The van der Waals surface area contributed by atoms with Crippen LogP contribution in [-0.2, 0) is 15.8 Å². The molecule has 5 nitrogen and oxygen atoms in total. The lowest BCUT2D eigenvalue weighted by molar-refractivity contribution is 0.0696. The number of rotatable bonds is 7. The maximum atomic E-state index is 12.7. The molecule has 0 aliphatic carbocycles. The summed E-state index contributed by atoms with van der Waals surface area (Å²) in [6, 6.07) is 4.76. The van der Waals surface area contributed by atoms with Gasteiger partial charge >= 0.3 is 5.97 Å². The van der Waals surface area contributed by atoms with Crippen molar-refractivity contribution >= 4 is 25.6 Å². The Balaban J connectivity index is 3.17. The number of nitrogens with one attached hydrogen (secondary N) is 1. The molecule has 0 saturated heterocycles. The number of aryl methyl sites for hydroxylation is 1. The van der Waals surface area contributed by atoms with Crippen LogP contribution in [0.2, 0.25) is 18.1 Å².